The Morgan fingerprint density at radius 2 is 2.19 bits per heavy atom. The van der Waals surface area contributed by atoms with Crippen LogP contribution in [0.5, 0.6) is 0 Å². The first-order valence-corrected chi connectivity index (χ1v) is 8.02. The molecule has 0 fully saturated rings. The summed E-state index contributed by atoms with van der Waals surface area (Å²) < 4.78 is 2.22. The molecule has 0 spiro atoms. The fourth-order valence-corrected chi connectivity index (χ4v) is 3.21. The normalized spacial score (nSPS) is 11.6. The van der Waals surface area contributed by atoms with Crippen LogP contribution in [-0.2, 0) is 13.1 Å². The SMILES string of the molecule is Cc1ncc(Cn2cc(CNC(C)C)c3cccnc32)s1. The maximum Gasteiger partial charge on any atom is 0.140 e. The van der Waals surface area contributed by atoms with Gasteiger partial charge < -0.3 is 9.88 Å². The third-order valence-corrected chi connectivity index (χ3v) is 4.31. The van der Waals surface area contributed by atoms with E-state index in [1.165, 1.54) is 15.8 Å². The molecule has 0 radical (unpaired) electrons. The van der Waals surface area contributed by atoms with Gasteiger partial charge in [0.05, 0.1) is 11.6 Å². The molecule has 0 saturated carbocycles. The van der Waals surface area contributed by atoms with Crippen molar-refractivity contribution in [1.82, 2.24) is 19.9 Å². The Morgan fingerprint density at radius 3 is 2.90 bits per heavy atom. The lowest BCUT2D eigenvalue weighted by Gasteiger charge is -2.06. The van der Waals surface area contributed by atoms with Gasteiger partial charge in [0.25, 0.3) is 0 Å². The largest absolute Gasteiger partial charge is 0.327 e. The van der Waals surface area contributed by atoms with Crippen molar-refractivity contribution in [3.05, 3.63) is 46.2 Å². The molecule has 0 unspecified atom stereocenters. The van der Waals surface area contributed by atoms with Gasteiger partial charge in [0.15, 0.2) is 0 Å². The molecule has 5 heteroatoms. The third-order valence-electron chi connectivity index (χ3n) is 3.41. The summed E-state index contributed by atoms with van der Waals surface area (Å²) in [5, 5.41) is 5.82. The molecule has 0 amide bonds. The average molecular weight is 300 g/mol. The van der Waals surface area contributed by atoms with Crippen molar-refractivity contribution in [3.63, 3.8) is 0 Å². The summed E-state index contributed by atoms with van der Waals surface area (Å²) in [7, 11) is 0. The minimum atomic E-state index is 0.476. The van der Waals surface area contributed by atoms with Gasteiger partial charge in [-0.1, -0.05) is 13.8 Å². The lowest BCUT2D eigenvalue weighted by molar-refractivity contribution is 0.589. The zero-order valence-corrected chi connectivity index (χ0v) is 13.4. The Balaban J connectivity index is 1.94. The molecule has 0 saturated heterocycles. The molecule has 3 aromatic heterocycles. The van der Waals surface area contributed by atoms with Crippen LogP contribution in [0, 0.1) is 6.92 Å². The number of hydrogen-bond donors (Lipinski definition) is 1. The molecule has 0 atom stereocenters. The molecule has 0 aliphatic carbocycles. The molecule has 0 aliphatic rings. The molecule has 0 aromatic carbocycles. The second kappa shape index (κ2) is 5.95. The van der Waals surface area contributed by atoms with E-state index in [2.05, 4.69) is 46.0 Å². The summed E-state index contributed by atoms with van der Waals surface area (Å²) in [5.74, 6) is 0. The summed E-state index contributed by atoms with van der Waals surface area (Å²) >= 11 is 1.74. The summed E-state index contributed by atoms with van der Waals surface area (Å²) in [6.45, 7) is 8.07. The monoisotopic (exact) mass is 300 g/mol. The van der Waals surface area contributed by atoms with Gasteiger partial charge in [-0.05, 0) is 24.6 Å². The van der Waals surface area contributed by atoms with E-state index in [0.717, 1.165) is 23.7 Å². The molecule has 1 N–H and O–H groups in total. The minimum absolute atomic E-state index is 0.476. The average Bonchev–Trinajstić information content (AvgIpc) is 3.02. The number of aryl methyl sites for hydroxylation is 1. The van der Waals surface area contributed by atoms with Gasteiger partial charge in [0, 0.05) is 41.4 Å². The van der Waals surface area contributed by atoms with Crippen molar-refractivity contribution in [1.29, 1.82) is 0 Å². The van der Waals surface area contributed by atoms with Crippen LogP contribution in [-0.4, -0.2) is 20.6 Å². The van der Waals surface area contributed by atoms with Gasteiger partial charge in [-0.25, -0.2) is 9.97 Å². The second-order valence-electron chi connectivity index (χ2n) is 5.54. The Morgan fingerprint density at radius 1 is 1.33 bits per heavy atom. The van der Waals surface area contributed by atoms with E-state index in [1.54, 1.807) is 11.3 Å². The summed E-state index contributed by atoms with van der Waals surface area (Å²) in [6, 6.07) is 4.63. The molecular weight excluding hydrogens is 280 g/mol. The zero-order chi connectivity index (χ0) is 14.8. The molecule has 0 aliphatic heterocycles. The van der Waals surface area contributed by atoms with Gasteiger partial charge in [0.2, 0.25) is 0 Å². The molecule has 110 valence electrons. The Kier molecular flexibility index (Phi) is 4.03. The predicted molar refractivity (Wildman–Crippen MR) is 87.7 cm³/mol. The number of aromatic nitrogens is 3. The van der Waals surface area contributed by atoms with Crippen LogP contribution in [0.15, 0.2) is 30.7 Å². The zero-order valence-electron chi connectivity index (χ0n) is 12.6. The molecular formula is C16H20N4S. The maximum absolute atomic E-state index is 4.55. The number of rotatable bonds is 5. The highest BCUT2D eigenvalue weighted by Crippen LogP contribution is 2.22. The highest BCUT2D eigenvalue weighted by molar-refractivity contribution is 7.11. The molecule has 3 aromatic rings. The quantitative estimate of drug-likeness (QED) is 0.786. The smallest absolute Gasteiger partial charge is 0.140 e. The van der Waals surface area contributed by atoms with E-state index in [1.807, 2.05) is 25.4 Å². The highest BCUT2D eigenvalue weighted by Gasteiger charge is 2.10. The number of hydrogen-bond acceptors (Lipinski definition) is 4. The Labute approximate surface area is 128 Å². The first-order valence-electron chi connectivity index (χ1n) is 7.21. The van der Waals surface area contributed by atoms with E-state index < -0.39 is 0 Å². The van der Waals surface area contributed by atoms with E-state index in [-0.39, 0.29) is 0 Å². The van der Waals surface area contributed by atoms with E-state index >= 15 is 0 Å². The van der Waals surface area contributed by atoms with Crippen molar-refractivity contribution in [2.24, 2.45) is 0 Å². The van der Waals surface area contributed by atoms with Gasteiger partial charge in [-0.15, -0.1) is 11.3 Å². The molecule has 21 heavy (non-hydrogen) atoms. The van der Waals surface area contributed by atoms with Gasteiger partial charge in [0.1, 0.15) is 5.65 Å². The van der Waals surface area contributed by atoms with E-state index in [0.29, 0.717) is 6.04 Å². The molecule has 3 rings (SSSR count). The van der Waals surface area contributed by atoms with Crippen LogP contribution >= 0.6 is 11.3 Å². The Bertz CT molecular complexity index is 742. The third kappa shape index (κ3) is 3.14. The number of fused-ring (bicyclic) bond motifs is 1. The number of pyridine rings is 1. The van der Waals surface area contributed by atoms with Crippen LogP contribution < -0.4 is 5.32 Å². The standard InChI is InChI=1S/C16H20N4S/c1-11(2)18-7-13-9-20(10-14-8-19-12(3)21-14)16-15(13)5-4-6-17-16/h4-6,8-9,11,18H,7,10H2,1-3H3. The second-order valence-corrected chi connectivity index (χ2v) is 6.86. The van der Waals surface area contributed by atoms with Gasteiger partial charge >= 0.3 is 0 Å². The van der Waals surface area contributed by atoms with Crippen LogP contribution in [0.25, 0.3) is 11.0 Å². The predicted octanol–water partition coefficient (Wildman–Crippen LogP) is 3.35. The first kappa shape index (κ1) is 14.2. The topological polar surface area (TPSA) is 42.7 Å². The van der Waals surface area contributed by atoms with Crippen LogP contribution in [0.4, 0.5) is 0 Å². The first-order chi connectivity index (χ1) is 10.1. The van der Waals surface area contributed by atoms with Crippen LogP contribution in [0.1, 0.15) is 29.3 Å². The van der Waals surface area contributed by atoms with Crippen molar-refractivity contribution >= 4 is 22.4 Å². The number of thiazole rings is 1. The van der Waals surface area contributed by atoms with Crippen molar-refractivity contribution < 1.29 is 0 Å². The molecule has 3 heterocycles. The summed E-state index contributed by atoms with van der Waals surface area (Å²) in [6.07, 6.45) is 6.03. The molecule has 4 nitrogen and oxygen atoms in total. The van der Waals surface area contributed by atoms with E-state index in [4.69, 9.17) is 0 Å². The Hall–Kier alpha value is -1.72. The van der Waals surface area contributed by atoms with Gasteiger partial charge in [-0.3, -0.25) is 0 Å². The summed E-state index contributed by atoms with van der Waals surface area (Å²) in [5.41, 5.74) is 2.34. The maximum atomic E-state index is 4.55. The minimum Gasteiger partial charge on any atom is -0.327 e. The van der Waals surface area contributed by atoms with Crippen molar-refractivity contribution in [2.75, 3.05) is 0 Å². The van der Waals surface area contributed by atoms with Gasteiger partial charge in [-0.2, -0.15) is 0 Å². The lowest BCUT2D eigenvalue weighted by Crippen LogP contribution is -2.21. The lowest BCUT2D eigenvalue weighted by atomic mass is 10.2. The summed E-state index contributed by atoms with van der Waals surface area (Å²) in [4.78, 5) is 10.1. The van der Waals surface area contributed by atoms with Crippen LogP contribution in [0.2, 0.25) is 0 Å². The fraction of sp³-hybridized carbons (Fsp3) is 0.375. The van der Waals surface area contributed by atoms with Crippen molar-refractivity contribution in [2.45, 2.75) is 39.9 Å². The fourth-order valence-electron chi connectivity index (χ4n) is 2.42. The van der Waals surface area contributed by atoms with Crippen LogP contribution in [0.3, 0.4) is 0 Å². The van der Waals surface area contributed by atoms with Crippen molar-refractivity contribution in [3.8, 4) is 0 Å². The highest BCUT2D eigenvalue weighted by atomic mass is 32.1. The molecule has 0 bridgehead atoms. The van der Waals surface area contributed by atoms with E-state index in [9.17, 15) is 0 Å². The number of nitrogens with zero attached hydrogens (tertiary/aromatic N) is 3. The number of nitrogens with one attached hydrogen (secondary N) is 1.